The number of ether oxygens (including phenoxy) is 2. The topological polar surface area (TPSA) is 93.7 Å². The molecule has 0 radical (unpaired) electrons. The Bertz CT molecular complexity index is 1140. The molecule has 3 aromatic carbocycles. The van der Waals surface area contributed by atoms with Crippen LogP contribution in [0.4, 0.5) is 11.4 Å². The summed E-state index contributed by atoms with van der Waals surface area (Å²) in [6, 6.07) is 22.3. The van der Waals surface area contributed by atoms with Gasteiger partial charge in [0.2, 0.25) is 5.91 Å². The zero-order valence-corrected chi connectivity index (χ0v) is 20.0. The number of carbonyl (C=O) groups is 3. The van der Waals surface area contributed by atoms with Gasteiger partial charge in [-0.05, 0) is 79.4 Å². The van der Waals surface area contributed by atoms with Gasteiger partial charge in [-0.15, -0.1) is 0 Å². The number of hydrogen-bond donors (Lipinski definition) is 2. The lowest BCUT2D eigenvalue weighted by Crippen LogP contribution is -2.21. The van der Waals surface area contributed by atoms with Crippen molar-refractivity contribution in [3.05, 3.63) is 83.9 Å². The van der Waals surface area contributed by atoms with Gasteiger partial charge in [-0.3, -0.25) is 14.4 Å². The average Bonchev–Trinajstić information content (AvgIpc) is 2.84. The summed E-state index contributed by atoms with van der Waals surface area (Å²) in [7, 11) is 0. The summed E-state index contributed by atoms with van der Waals surface area (Å²) in [5, 5.41) is 5.47. The number of esters is 1. The molecule has 3 aromatic rings. The quantitative estimate of drug-likeness (QED) is 0.351. The number of amides is 2. The van der Waals surface area contributed by atoms with Crippen LogP contribution in [0, 0.1) is 6.92 Å². The van der Waals surface area contributed by atoms with E-state index in [9.17, 15) is 14.4 Å². The van der Waals surface area contributed by atoms with Crippen LogP contribution in [0.3, 0.4) is 0 Å². The maximum Gasteiger partial charge on any atom is 0.306 e. The van der Waals surface area contributed by atoms with Crippen LogP contribution >= 0.6 is 0 Å². The summed E-state index contributed by atoms with van der Waals surface area (Å²) in [6.07, 6.45) is 1.45. The van der Waals surface area contributed by atoms with E-state index in [0.717, 1.165) is 17.7 Å². The summed E-state index contributed by atoms with van der Waals surface area (Å²) in [6.45, 7) is 3.68. The molecule has 7 nitrogen and oxygen atoms in total. The van der Waals surface area contributed by atoms with Crippen molar-refractivity contribution in [1.82, 2.24) is 0 Å². The minimum Gasteiger partial charge on any atom is -0.457 e. The zero-order valence-electron chi connectivity index (χ0n) is 20.0. The van der Waals surface area contributed by atoms with Gasteiger partial charge in [0.1, 0.15) is 11.5 Å². The molecule has 0 aromatic heterocycles. The first-order chi connectivity index (χ1) is 16.9. The molecular formula is C28H30N2O5. The van der Waals surface area contributed by atoms with Gasteiger partial charge >= 0.3 is 5.97 Å². The highest BCUT2D eigenvalue weighted by Crippen LogP contribution is 2.23. The molecule has 0 atom stereocenters. The Hall–Kier alpha value is -4.13. The lowest BCUT2D eigenvalue weighted by Gasteiger charge is -2.09. The number of carbonyl (C=O) groups excluding carboxylic acids is 3. The maximum atomic E-state index is 12.2. The molecule has 0 unspecified atom stereocenters. The van der Waals surface area contributed by atoms with Crippen LogP contribution in [-0.2, 0) is 25.5 Å². The van der Waals surface area contributed by atoms with Crippen LogP contribution in [0.2, 0.25) is 0 Å². The average molecular weight is 475 g/mol. The zero-order chi connectivity index (χ0) is 25.0. The molecule has 0 saturated heterocycles. The first-order valence-electron chi connectivity index (χ1n) is 11.6. The van der Waals surface area contributed by atoms with Gasteiger partial charge in [-0.25, -0.2) is 0 Å². The molecule has 2 N–H and O–H groups in total. The van der Waals surface area contributed by atoms with Gasteiger partial charge in [0.05, 0.1) is 0 Å². The highest BCUT2D eigenvalue weighted by molar-refractivity contribution is 5.93. The molecule has 182 valence electrons. The van der Waals surface area contributed by atoms with Crippen molar-refractivity contribution >= 4 is 29.2 Å². The van der Waals surface area contributed by atoms with E-state index in [1.807, 2.05) is 55.5 Å². The normalized spacial score (nSPS) is 10.3. The van der Waals surface area contributed by atoms with E-state index in [0.29, 0.717) is 23.5 Å². The fourth-order valence-electron chi connectivity index (χ4n) is 3.28. The predicted molar refractivity (Wildman–Crippen MR) is 136 cm³/mol. The van der Waals surface area contributed by atoms with Crippen molar-refractivity contribution in [2.24, 2.45) is 0 Å². The Morgan fingerprint density at radius 2 is 1.43 bits per heavy atom. The monoisotopic (exact) mass is 474 g/mol. The van der Waals surface area contributed by atoms with E-state index in [1.54, 1.807) is 24.3 Å². The van der Waals surface area contributed by atoms with Crippen molar-refractivity contribution in [2.75, 3.05) is 17.2 Å². The van der Waals surface area contributed by atoms with Crippen molar-refractivity contribution in [2.45, 2.75) is 39.5 Å². The molecule has 0 aliphatic rings. The van der Waals surface area contributed by atoms with Gasteiger partial charge in [-0.2, -0.15) is 0 Å². The van der Waals surface area contributed by atoms with Crippen molar-refractivity contribution in [3.63, 3.8) is 0 Å². The second kappa shape index (κ2) is 12.9. The molecule has 0 heterocycles. The highest BCUT2D eigenvalue weighted by atomic mass is 16.5. The lowest BCUT2D eigenvalue weighted by atomic mass is 10.1. The number of nitrogens with one attached hydrogen (secondary N) is 2. The second-order valence-electron chi connectivity index (χ2n) is 8.10. The molecule has 0 aliphatic carbocycles. The Balaban J connectivity index is 1.32. The van der Waals surface area contributed by atoms with E-state index in [2.05, 4.69) is 17.6 Å². The molecule has 7 heteroatoms. The first-order valence-corrected chi connectivity index (χ1v) is 11.6. The van der Waals surface area contributed by atoms with Crippen LogP contribution < -0.4 is 15.4 Å². The third-order valence-corrected chi connectivity index (χ3v) is 5.16. The van der Waals surface area contributed by atoms with E-state index in [1.165, 1.54) is 5.56 Å². The fraction of sp³-hybridized carbons (Fsp3) is 0.250. The third-order valence-electron chi connectivity index (χ3n) is 5.16. The summed E-state index contributed by atoms with van der Waals surface area (Å²) >= 11 is 0. The van der Waals surface area contributed by atoms with E-state index < -0.39 is 11.9 Å². The number of benzene rings is 3. The largest absolute Gasteiger partial charge is 0.457 e. The number of hydrogen-bond acceptors (Lipinski definition) is 5. The van der Waals surface area contributed by atoms with Crippen LogP contribution in [0.25, 0.3) is 0 Å². The summed E-state index contributed by atoms with van der Waals surface area (Å²) < 4.78 is 10.8. The van der Waals surface area contributed by atoms with E-state index >= 15 is 0 Å². The van der Waals surface area contributed by atoms with Gasteiger partial charge < -0.3 is 20.1 Å². The Labute approximate surface area is 205 Å². The third kappa shape index (κ3) is 8.97. The van der Waals surface area contributed by atoms with Crippen LogP contribution in [0.5, 0.6) is 11.5 Å². The summed E-state index contributed by atoms with van der Waals surface area (Å²) in [5.74, 6) is 0.274. The van der Waals surface area contributed by atoms with Crippen molar-refractivity contribution < 1.29 is 23.9 Å². The molecular weight excluding hydrogens is 444 g/mol. The molecule has 0 fully saturated rings. The predicted octanol–water partition coefficient (Wildman–Crippen LogP) is 5.64. The first kappa shape index (κ1) is 25.5. The van der Waals surface area contributed by atoms with Gasteiger partial charge in [0.15, 0.2) is 6.61 Å². The fourth-order valence-corrected chi connectivity index (χ4v) is 3.28. The van der Waals surface area contributed by atoms with Gasteiger partial charge in [0.25, 0.3) is 5.91 Å². The number of rotatable bonds is 11. The summed E-state index contributed by atoms with van der Waals surface area (Å²) in [5.41, 5.74) is 3.56. The molecule has 0 bridgehead atoms. The lowest BCUT2D eigenvalue weighted by molar-refractivity contribution is -0.147. The minimum atomic E-state index is -0.521. The van der Waals surface area contributed by atoms with E-state index in [4.69, 9.17) is 9.47 Å². The standard InChI is InChI=1S/C28H30N2O5/c1-3-21-10-12-22(13-11-21)30-27(32)19-34-28(33)9-5-8-26(31)29-23-14-16-24(17-15-23)35-25-7-4-6-20(2)18-25/h4,6-7,10-18H,3,5,8-9,19H2,1-2H3,(H,29,31)(H,30,32). The minimum absolute atomic E-state index is 0.0508. The second-order valence-corrected chi connectivity index (χ2v) is 8.10. The SMILES string of the molecule is CCc1ccc(NC(=O)COC(=O)CCCC(=O)Nc2ccc(Oc3cccc(C)c3)cc2)cc1. The summed E-state index contributed by atoms with van der Waals surface area (Å²) in [4.78, 5) is 36.0. The molecule has 35 heavy (non-hydrogen) atoms. The molecule has 0 saturated carbocycles. The van der Waals surface area contributed by atoms with Crippen molar-refractivity contribution in [3.8, 4) is 11.5 Å². The maximum absolute atomic E-state index is 12.2. The van der Waals surface area contributed by atoms with Gasteiger partial charge in [0, 0.05) is 24.2 Å². The highest BCUT2D eigenvalue weighted by Gasteiger charge is 2.10. The molecule has 2 amide bonds. The Morgan fingerprint density at radius 1 is 0.771 bits per heavy atom. The van der Waals surface area contributed by atoms with E-state index in [-0.39, 0.29) is 25.4 Å². The van der Waals surface area contributed by atoms with Crippen LogP contribution in [0.15, 0.2) is 72.8 Å². The Kier molecular flexibility index (Phi) is 9.42. The number of anilines is 2. The van der Waals surface area contributed by atoms with Gasteiger partial charge in [-0.1, -0.05) is 31.2 Å². The van der Waals surface area contributed by atoms with Crippen LogP contribution in [0.1, 0.15) is 37.3 Å². The number of aryl methyl sites for hydroxylation is 2. The Morgan fingerprint density at radius 3 is 2.09 bits per heavy atom. The van der Waals surface area contributed by atoms with Crippen LogP contribution in [-0.4, -0.2) is 24.4 Å². The smallest absolute Gasteiger partial charge is 0.306 e. The molecule has 0 spiro atoms. The van der Waals surface area contributed by atoms with Crippen molar-refractivity contribution in [1.29, 1.82) is 0 Å². The molecule has 0 aliphatic heterocycles. The molecule has 3 rings (SSSR count).